The summed E-state index contributed by atoms with van der Waals surface area (Å²) >= 11 is 0. The van der Waals surface area contributed by atoms with Gasteiger partial charge in [0.2, 0.25) is 5.91 Å². The average Bonchev–Trinajstić information content (AvgIpc) is 2.70. The second-order valence-corrected chi connectivity index (χ2v) is 3.27. The fraction of sp³-hybridized carbons (Fsp3) is 0.400. The van der Waals surface area contributed by atoms with Crippen molar-refractivity contribution in [2.75, 3.05) is 20.6 Å². The minimum absolute atomic E-state index is 0.0188. The highest BCUT2D eigenvalue weighted by Gasteiger charge is 2.09. The van der Waals surface area contributed by atoms with Crippen LogP contribution in [0.3, 0.4) is 0 Å². The molecule has 0 aliphatic carbocycles. The van der Waals surface area contributed by atoms with Crippen LogP contribution in [-0.2, 0) is 4.79 Å². The van der Waals surface area contributed by atoms with Gasteiger partial charge in [-0.05, 0) is 12.1 Å². The summed E-state index contributed by atoms with van der Waals surface area (Å²) < 4.78 is 4.89. The molecule has 5 nitrogen and oxygen atoms in total. The van der Waals surface area contributed by atoms with Crippen molar-refractivity contribution < 1.29 is 14.0 Å². The van der Waals surface area contributed by atoms with E-state index in [-0.39, 0.29) is 17.6 Å². The van der Waals surface area contributed by atoms with Crippen molar-refractivity contribution in [3.05, 3.63) is 24.2 Å². The van der Waals surface area contributed by atoms with Gasteiger partial charge in [0.05, 0.1) is 6.26 Å². The molecule has 0 atom stereocenters. The van der Waals surface area contributed by atoms with Crippen molar-refractivity contribution in [3.8, 4) is 0 Å². The van der Waals surface area contributed by atoms with E-state index >= 15 is 0 Å². The molecule has 1 aromatic heterocycles. The Morgan fingerprint density at radius 1 is 1.47 bits per heavy atom. The molecule has 0 saturated carbocycles. The lowest BCUT2D eigenvalue weighted by molar-refractivity contribution is -0.128. The number of amides is 2. The van der Waals surface area contributed by atoms with E-state index in [4.69, 9.17) is 4.42 Å². The molecule has 0 bridgehead atoms. The van der Waals surface area contributed by atoms with E-state index in [9.17, 15) is 9.59 Å². The van der Waals surface area contributed by atoms with Gasteiger partial charge in [0.1, 0.15) is 0 Å². The summed E-state index contributed by atoms with van der Waals surface area (Å²) in [7, 11) is 3.35. The number of hydrogen-bond acceptors (Lipinski definition) is 3. The predicted octanol–water partition coefficient (Wildman–Crippen LogP) is 0.488. The van der Waals surface area contributed by atoms with Crippen molar-refractivity contribution in [1.82, 2.24) is 10.2 Å². The lowest BCUT2D eigenvalue weighted by Crippen LogP contribution is -2.29. The summed E-state index contributed by atoms with van der Waals surface area (Å²) in [6, 6.07) is 3.21. The molecule has 0 unspecified atom stereocenters. The van der Waals surface area contributed by atoms with Crippen LogP contribution >= 0.6 is 0 Å². The third-order valence-corrected chi connectivity index (χ3v) is 1.87. The van der Waals surface area contributed by atoms with Crippen LogP contribution in [0.15, 0.2) is 22.8 Å². The topological polar surface area (TPSA) is 62.6 Å². The Morgan fingerprint density at radius 2 is 2.20 bits per heavy atom. The van der Waals surface area contributed by atoms with Crippen LogP contribution in [0.4, 0.5) is 0 Å². The largest absolute Gasteiger partial charge is 0.459 e. The van der Waals surface area contributed by atoms with E-state index < -0.39 is 0 Å². The zero-order valence-electron chi connectivity index (χ0n) is 8.82. The maximum absolute atomic E-state index is 11.3. The minimum Gasteiger partial charge on any atom is -0.459 e. The molecule has 5 heteroatoms. The number of hydrogen-bond donors (Lipinski definition) is 1. The SMILES string of the molecule is CN(C)C(=O)CCNC(=O)c1ccco1. The Labute approximate surface area is 88.0 Å². The molecule has 15 heavy (non-hydrogen) atoms. The van der Waals surface area contributed by atoms with Gasteiger partial charge >= 0.3 is 0 Å². The van der Waals surface area contributed by atoms with Crippen LogP contribution in [0.25, 0.3) is 0 Å². The number of nitrogens with zero attached hydrogens (tertiary/aromatic N) is 1. The third-order valence-electron chi connectivity index (χ3n) is 1.87. The molecule has 0 fully saturated rings. The number of furan rings is 1. The van der Waals surface area contributed by atoms with Gasteiger partial charge in [-0.1, -0.05) is 0 Å². The molecule has 1 N–H and O–H groups in total. The lowest BCUT2D eigenvalue weighted by Gasteiger charge is -2.09. The van der Waals surface area contributed by atoms with Gasteiger partial charge in [0, 0.05) is 27.1 Å². The molecule has 0 saturated heterocycles. The molecule has 0 radical (unpaired) electrons. The summed E-state index contributed by atoms with van der Waals surface area (Å²) in [6.45, 7) is 0.316. The third kappa shape index (κ3) is 3.46. The number of carbonyl (C=O) groups is 2. The first-order valence-corrected chi connectivity index (χ1v) is 4.63. The number of nitrogens with one attached hydrogen (secondary N) is 1. The van der Waals surface area contributed by atoms with Gasteiger partial charge in [-0.2, -0.15) is 0 Å². The first-order valence-electron chi connectivity index (χ1n) is 4.63. The molecule has 82 valence electrons. The molecular weight excluding hydrogens is 196 g/mol. The van der Waals surface area contributed by atoms with Crippen LogP contribution in [-0.4, -0.2) is 37.4 Å². The Balaban J connectivity index is 2.27. The van der Waals surface area contributed by atoms with Gasteiger partial charge < -0.3 is 14.6 Å². The lowest BCUT2D eigenvalue weighted by atomic mass is 10.3. The zero-order valence-corrected chi connectivity index (χ0v) is 8.82. The van der Waals surface area contributed by atoms with E-state index in [1.54, 1.807) is 26.2 Å². The molecule has 1 heterocycles. The van der Waals surface area contributed by atoms with E-state index in [0.717, 1.165) is 0 Å². The van der Waals surface area contributed by atoms with Crippen LogP contribution < -0.4 is 5.32 Å². The summed E-state index contributed by atoms with van der Waals surface area (Å²) in [5.41, 5.74) is 0. The maximum Gasteiger partial charge on any atom is 0.286 e. The first-order chi connectivity index (χ1) is 7.11. The Kier molecular flexibility index (Phi) is 3.91. The van der Waals surface area contributed by atoms with E-state index in [2.05, 4.69) is 5.32 Å². The fourth-order valence-electron chi connectivity index (χ4n) is 1.00. The highest BCUT2D eigenvalue weighted by Crippen LogP contribution is 1.98. The second kappa shape index (κ2) is 5.19. The molecular formula is C10H14N2O3. The minimum atomic E-state index is -0.299. The Hall–Kier alpha value is -1.78. The maximum atomic E-state index is 11.3. The van der Waals surface area contributed by atoms with Crippen LogP contribution in [0.1, 0.15) is 17.0 Å². The van der Waals surface area contributed by atoms with Crippen LogP contribution in [0.5, 0.6) is 0 Å². The molecule has 1 rings (SSSR count). The van der Waals surface area contributed by atoms with E-state index in [1.807, 2.05) is 0 Å². The second-order valence-electron chi connectivity index (χ2n) is 3.27. The Bertz CT molecular complexity index is 330. The van der Waals surface area contributed by atoms with Crippen LogP contribution in [0.2, 0.25) is 0 Å². The Morgan fingerprint density at radius 3 is 2.73 bits per heavy atom. The molecule has 0 aliphatic heterocycles. The van der Waals surface area contributed by atoms with Crippen molar-refractivity contribution in [2.24, 2.45) is 0 Å². The molecule has 1 aromatic rings. The number of carbonyl (C=O) groups excluding carboxylic acids is 2. The van der Waals surface area contributed by atoms with Gasteiger partial charge in [0.15, 0.2) is 5.76 Å². The highest BCUT2D eigenvalue weighted by molar-refractivity contribution is 5.91. The standard InChI is InChI=1S/C10H14N2O3/c1-12(2)9(13)5-6-11-10(14)8-4-3-7-15-8/h3-4,7H,5-6H2,1-2H3,(H,11,14). The monoisotopic (exact) mass is 210 g/mol. The first kappa shape index (κ1) is 11.3. The van der Waals surface area contributed by atoms with Crippen LogP contribution in [0, 0.1) is 0 Å². The van der Waals surface area contributed by atoms with Crippen molar-refractivity contribution in [3.63, 3.8) is 0 Å². The van der Waals surface area contributed by atoms with Gasteiger partial charge in [-0.3, -0.25) is 9.59 Å². The average molecular weight is 210 g/mol. The summed E-state index contributed by atoms with van der Waals surface area (Å²) in [5.74, 6) is -0.0615. The quantitative estimate of drug-likeness (QED) is 0.786. The van der Waals surface area contributed by atoms with E-state index in [0.29, 0.717) is 13.0 Å². The highest BCUT2D eigenvalue weighted by atomic mass is 16.3. The van der Waals surface area contributed by atoms with E-state index in [1.165, 1.54) is 11.2 Å². The summed E-state index contributed by atoms with van der Waals surface area (Å²) in [4.78, 5) is 24.0. The predicted molar refractivity (Wildman–Crippen MR) is 54.4 cm³/mol. The summed E-state index contributed by atoms with van der Waals surface area (Å²) in [5, 5.41) is 2.59. The van der Waals surface area contributed by atoms with Gasteiger partial charge in [-0.15, -0.1) is 0 Å². The molecule has 2 amide bonds. The van der Waals surface area contributed by atoms with Crippen molar-refractivity contribution >= 4 is 11.8 Å². The summed E-state index contributed by atoms with van der Waals surface area (Å²) in [6.07, 6.45) is 1.72. The van der Waals surface area contributed by atoms with Gasteiger partial charge in [0.25, 0.3) is 5.91 Å². The fourth-order valence-corrected chi connectivity index (χ4v) is 1.00. The molecule has 0 spiro atoms. The molecule has 0 aliphatic rings. The van der Waals surface area contributed by atoms with Crippen molar-refractivity contribution in [2.45, 2.75) is 6.42 Å². The molecule has 0 aromatic carbocycles. The smallest absolute Gasteiger partial charge is 0.286 e. The van der Waals surface area contributed by atoms with Gasteiger partial charge in [-0.25, -0.2) is 0 Å². The van der Waals surface area contributed by atoms with Crippen molar-refractivity contribution in [1.29, 1.82) is 0 Å². The number of rotatable bonds is 4. The normalized spacial score (nSPS) is 9.73. The zero-order chi connectivity index (χ0) is 11.3.